The van der Waals surface area contributed by atoms with E-state index in [2.05, 4.69) is 4.90 Å². The second kappa shape index (κ2) is 9.23. The third-order valence-corrected chi connectivity index (χ3v) is 6.06. The number of carbonyl (C=O) groups excluding carboxylic acids is 1. The first-order valence-electron chi connectivity index (χ1n) is 10.5. The predicted octanol–water partition coefficient (Wildman–Crippen LogP) is 3.13. The van der Waals surface area contributed by atoms with Crippen LogP contribution in [0.25, 0.3) is 0 Å². The lowest BCUT2D eigenvalue weighted by Crippen LogP contribution is -2.53. The Hall–Kier alpha value is -1.66. The molecule has 1 aromatic rings. The van der Waals surface area contributed by atoms with Crippen molar-refractivity contribution < 1.29 is 19.0 Å². The van der Waals surface area contributed by atoms with Crippen LogP contribution in [0.3, 0.4) is 0 Å². The molecule has 1 atom stereocenters. The molecule has 1 saturated heterocycles. The van der Waals surface area contributed by atoms with Crippen LogP contribution >= 0.6 is 0 Å². The topological polar surface area (TPSA) is 53.0 Å². The van der Waals surface area contributed by atoms with Gasteiger partial charge in [-0.1, -0.05) is 25.7 Å². The Morgan fingerprint density at radius 1 is 1.21 bits per heavy atom. The summed E-state index contributed by atoms with van der Waals surface area (Å²) in [4.78, 5) is 16.1. The highest BCUT2D eigenvalue weighted by Gasteiger charge is 2.38. The van der Waals surface area contributed by atoms with Gasteiger partial charge in [-0.2, -0.15) is 0 Å². The predicted molar refractivity (Wildman–Crippen MR) is 107 cm³/mol. The number of aliphatic hydroxyl groups is 1. The fourth-order valence-corrected chi connectivity index (χ4v) is 4.41. The summed E-state index contributed by atoms with van der Waals surface area (Å²) in [7, 11) is 0. The van der Waals surface area contributed by atoms with Crippen LogP contribution in [0.1, 0.15) is 51.0 Å². The van der Waals surface area contributed by atoms with Gasteiger partial charge in [0.25, 0.3) is 0 Å². The molecule has 1 saturated carbocycles. The number of amides is 1. The highest BCUT2D eigenvalue weighted by molar-refractivity contribution is 5.73. The van der Waals surface area contributed by atoms with E-state index in [1.807, 2.05) is 0 Å². The van der Waals surface area contributed by atoms with Crippen LogP contribution in [0.2, 0.25) is 0 Å². The summed E-state index contributed by atoms with van der Waals surface area (Å²) in [5.41, 5.74) is -0.646. The Kier molecular flexibility index (Phi) is 6.94. The summed E-state index contributed by atoms with van der Waals surface area (Å²) in [5.74, 6) is 0.230. The van der Waals surface area contributed by atoms with E-state index in [0.29, 0.717) is 30.4 Å². The summed E-state index contributed by atoms with van der Waals surface area (Å²) in [5, 5.41) is 11.4. The average molecular weight is 393 g/mol. The van der Waals surface area contributed by atoms with Crippen molar-refractivity contribution in [1.29, 1.82) is 0 Å². The van der Waals surface area contributed by atoms with Gasteiger partial charge in [-0.3, -0.25) is 9.69 Å². The first-order valence-corrected chi connectivity index (χ1v) is 10.5. The quantitative estimate of drug-likeness (QED) is 0.800. The Bertz CT molecular complexity index is 676. The number of ether oxygens (including phenoxy) is 1. The Balaban J connectivity index is 1.73. The summed E-state index contributed by atoms with van der Waals surface area (Å²) < 4.78 is 19.3. The maximum absolute atomic E-state index is 13.5. The molecule has 0 unspecified atom stereocenters. The Morgan fingerprint density at radius 2 is 1.93 bits per heavy atom. The standard InChI is InChI=1S/C22H33FN2O3/c1-17-13-20(9-10-21(17)23)28-16-22(27)14-24(18(2)26)11-12-25(15-22)19-7-5-3-4-6-8-19/h9-10,13,19,27H,3-8,11-12,14-16H2,1-2H3/t22-/m1/s1. The van der Waals surface area contributed by atoms with Crippen LogP contribution in [0.15, 0.2) is 18.2 Å². The van der Waals surface area contributed by atoms with Gasteiger partial charge < -0.3 is 14.7 Å². The number of carbonyl (C=O) groups is 1. The molecule has 0 radical (unpaired) electrons. The third-order valence-electron chi connectivity index (χ3n) is 6.06. The van der Waals surface area contributed by atoms with E-state index < -0.39 is 5.60 Å². The smallest absolute Gasteiger partial charge is 0.219 e. The van der Waals surface area contributed by atoms with Crippen molar-refractivity contribution in [3.05, 3.63) is 29.6 Å². The molecule has 5 nitrogen and oxygen atoms in total. The van der Waals surface area contributed by atoms with Crippen molar-refractivity contribution in [3.63, 3.8) is 0 Å². The minimum Gasteiger partial charge on any atom is -0.490 e. The molecule has 28 heavy (non-hydrogen) atoms. The van der Waals surface area contributed by atoms with E-state index in [9.17, 15) is 14.3 Å². The molecule has 0 bridgehead atoms. The lowest BCUT2D eigenvalue weighted by molar-refractivity contribution is -0.132. The molecule has 1 N–H and O–H groups in total. The number of hydrogen-bond acceptors (Lipinski definition) is 4. The number of halogens is 1. The van der Waals surface area contributed by atoms with E-state index in [4.69, 9.17) is 4.74 Å². The fraction of sp³-hybridized carbons (Fsp3) is 0.682. The van der Waals surface area contributed by atoms with E-state index >= 15 is 0 Å². The van der Waals surface area contributed by atoms with Gasteiger partial charge in [0.2, 0.25) is 5.91 Å². The summed E-state index contributed by atoms with van der Waals surface area (Å²) >= 11 is 0. The van der Waals surface area contributed by atoms with Crippen molar-refractivity contribution in [2.45, 2.75) is 64.0 Å². The zero-order chi connectivity index (χ0) is 20.1. The maximum atomic E-state index is 13.5. The van der Waals surface area contributed by atoms with Crippen LogP contribution in [-0.2, 0) is 4.79 Å². The van der Waals surface area contributed by atoms with E-state index in [1.165, 1.54) is 31.7 Å². The van der Waals surface area contributed by atoms with Gasteiger partial charge in [0.05, 0.1) is 6.54 Å². The lowest BCUT2D eigenvalue weighted by atomic mass is 10.0. The van der Waals surface area contributed by atoms with Crippen LogP contribution in [-0.4, -0.2) is 65.2 Å². The van der Waals surface area contributed by atoms with Crippen molar-refractivity contribution >= 4 is 5.91 Å². The SMILES string of the molecule is CC(=O)N1CCN(C2CCCCCC2)C[C@@](O)(COc2ccc(F)c(C)c2)C1. The molecule has 1 amide bonds. The fourth-order valence-electron chi connectivity index (χ4n) is 4.41. The van der Waals surface area contributed by atoms with Gasteiger partial charge in [-0.15, -0.1) is 0 Å². The van der Waals surface area contributed by atoms with Gasteiger partial charge in [-0.25, -0.2) is 4.39 Å². The van der Waals surface area contributed by atoms with Crippen LogP contribution in [0.4, 0.5) is 4.39 Å². The number of rotatable bonds is 4. The first-order chi connectivity index (χ1) is 13.4. The van der Waals surface area contributed by atoms with Crippen molar-refractivity contribution in [1.82, 2.24) is 9.80 Å². The number of nitrogens with zero attached hydrogens (tertiary/aromatic N) is 2. The molecule has 6 heteroatoms. The van der Waals surface area contributed by atoms with E-state index in [-0.39, 0.29) is 24.9 Å². The second-order valence-corrected chi connectivity index (χ2v) is 8.48. The number of hydrogen-bond donors (Lipinski definition) is 1. The van der Waals surface area contributed by atoms with E-state index in [1.54, 1.807) is 30.9 Å². The average Bonchev–Trinajstić information content (AvgIpc) is 3.02. The molecule has 0 aromatic heterocycles. The van der Waals surface area contributed by atoms with Gasteiger partial charge >= 0.3 is 0 Å². The zero-order valence-corrected chi connectivity index (χ0v) is 17.1. The number of β-amino-alcohol motifs (C(OH)–C–C–N with tert-alkyl or cyclic N) is 1. The molecule has 2 aliphatic rings. The molecule has 1 heterocycles. The van der Waals surface area contributed by atoms with Crippen LogP contribution in [0, 0.1) is 12.7 Å². The van der Waals surface area contributed by atoms with Crippen LogP contribution < -0.4 is 4.74 Å². The summed E-state index contributed by atoms with van der Waals surface area (Å²) in [6.45, 7) is 5.46. The van der Waals surface area contributed by atoms with E-state index in [0.717, 1.165) is 19.4 Å². The van der Waals surface area contributed by atoms with Crippen molar-refractivity contribution in [2.75, 3.05) is 32.8 Å². The van der Waals surface area contributed by atoms with Gasteiger partial charge in [0.15, 0.2) is 0 Å². The Morgan fingerprint density at radius 3 is 2.57 bits per heavy atom. The highest BCUT2D eigenvalue weighted by Crippen LogP contribution is 2.26. The molecule has 1 aliphatic heterocycles. The number of aryl methyl sites for hydroxylation is 1. The summed E-state index contributed by atoms with van der Waals surface area (Å²) in [6, 6.07) is 5.05. The molecule has 1 aliphatic carbocycles. The molecular weight excluding hydrogens is 359 g/mol. The molecular formula is C22H33FN2O3. The van der Waals surface area contributed by atoms with Gasteiger partial charge in [-0.05, 0) is 43.5 Å². The normalized spacial score (nSPS) is 25.2. The largest absolute Gasteiger partial charge is 0.490 e. The first kappa shape index (κ1) is 21.1. The van der Waals surface area contributed by atoms with Gasteiger partial charge in [0, 0.05) is 32.6 Å². The minimum absolute atomic E-state index is 0.0289. The maximum Gasteiger partial charge on any atom is 0.219 e. The summed E-state index contributed by atoms with van der Waals surface area (Å²) in [6.07, 6.45) is 7.30. The monoisotopic (exact) mass is 392 g/mol. The number of benzene rings is 1. The highest BCUT2D eigenvalue weighted by atomic mass is 19.1. The lowest BCUT2D eigenvalue weighted by Gasteiger charge is -2.36. The second-order valence-electron chi connectivity index (χ2n) is 8.48. The molecule has 0 spiro atoms. The molecule has 3 rings (SSSR count). The minimum atomic E-state index is -1.16. The van der Waals surface area contributed by atoms with Crippen molar-refractivity contribution in [3.8, 4) is 5.75 Å². The Labute approximate surface area is 167 Å². The van der Waals surface area contributed by atoms with Crippen molar-refractivity contribution in [2.24, 2.45) is 0 Å². The van der Waals surface area contributed by atoms with Crippen LogP contribution in [0.5, 0.6) is 5.75 Å². The molecule has 1 aromatic carbocycles. The third kappa shape index (κ3) is 5.45. The molecule has 156 valence electrons. The molecule has 2 fully saturated rings. The van der Waals surface area contributed by atoms with Gasteiger partial charge in [0.1, 0.15) is 23.8 Å². The zero-order valence-electron chi connectivity index (χ0n) is 17.1.